The maximum atomic E-state index is 13.1. The van der Waals surface area contributed by atoms with Crippen LogP contribution in [-0.4, -0.2) is 42.5 Å². The quantitative estimate of drug-likeness (QED) is 0.498. The van der Waals surface area contributed by atoms with Gasteiger partial charge in [-0.25, -0.2) is 4.98 Å². The second-order valence-electron chi connectivity index (χ2n) is 8.59. The van der Waals surface area contributed by atoms with Gasteiger partial charge < -0.3 is 9.47 Å². The second-order valence-corrected chi connectivity index (χ2v) is 8.59. The van der Waals surface area contributed by atoms with Crippen molar-refractivity contribution in [3.8, 4) is 0 Å². The first-order valence-electron chi connectivity index (χ1n) is 9.65. The summed E-state index contributed by atoms with van der Waals surface area (Å²) in [5.74, 6) is 0.341. The van der Waals surface area contributed by atoms with Crippen LogP contribution in [0.5, 0.6) is 0 Å². The van der Waals surface area contributed by atoms with E-state index in [-0.39, 0.29) is 17.1 Å². The minimum atomic E-state index is -4.61. The molecule has 30 heavy (non-hydrogen) atoms. The van der Waals surface area contributed by atoms with Crippen LogP contribution in [0.25, 0.3) is 16.7 Å². The summed E-state index contributed by atoms with van der Waals surface area (Å²) < 4.78 is 42.4. The van der Waals surface area contributed by atoms with E-state index in [1.165, 1.54) is 6.07 Å². The van der Waals surface area contributed by atoms with E-state index in [9.17, 15) is 13.2 Å². The number of hydrogen-bond acceptors (Lipinski definition) is 5. The van der Waals surface area contributed by atoms with Gasteiger partial charge in [-0.3, -0.25) is 0 Å². The molecule has 10 heteroatoms. The van der Waals surface area contributed by atoms with Gasteiger partial charge in [-0.15, -0.1) is 15.3 Å². The van der Waals surface area contributed by atoms with Gasteiger partial charge in [-0.2, -0.15) is 17.7 Å². The molecule has 0 amide bonds. The zero-order chi connectivity index (χ0) is 21.3. The Bertz CT molecular complexity index is 1240. The average molecular weight is 415 g/mol. The lowest BCUT2D eigenvalue weighted by Crippen LogP contribution is -2.49. The van der Waals surface area contributed by atoms with Gasteiger partial charge in [0.2, 0.25) is 0 Å². The standard InChI is InChI=1S/C20H20F3N7/c1-19(2,3)17-24-13-6-4-5-7-14(13)29(17)12-10-28(11-12)16-9-8-15-25-26-18(20(21,22)23)30(15)27-16/h4-9,12H,10-11H2,1-3H3. The predicted molar refractivity (Wildman–Crippen MR) is 105 cm³/mol. The lowest BCUT2D eigenvalue weighted by atomic mass is 9.94. The SMILES string of the molecule is CC(C)(C)c1nc2ccccc2n1C1CN(c2ccc3nnc(C(F)(F)F)n3n2)C1. The maximum Gasteiger partial charge on any atom is 0.453 e. The van der Waals surface area contributed by atoms with E-state index in [1.54, 1.807) is 6.07 Å². The van der Waals surface area contributed by atoms with Crippen LogP contribution in [-0.2, 0) is 11.6 Å². The molecule has 4 aromatic rings. The Morgan fingerprint density at radius 2 is 1.67 bits per heavy atom. The van der Waals surface area contributed by atoms with E-state index in [2.05, 4.69) is 46.7 Å². The third-order valence-electron chi connectivity index (χ3n) is 5.32. The van der Waals surface area contributed by atoms with Crippen molar-refractivity contribution in [2.45, 2.75) is 38.4 Å². The summed E-state index contributed by atoms with van der Waals surface area (Å²) in [5.41, 5.74) is 1.94. The molecule has 1 fully saturated rings. The molecule has 0 radical (unpaired) electrons. The molecule has 4 heterocycles. The molecule has 1 aliphatic heterocycles. The van der Waals surface area contributed by atoms with E-state index in [0.717, 1.165) is 21.4 Å². The Balaban J connectivity index is 1.47. The number of alkyl halides is 3. The van der Waals surface area contributed by atoms with Crippen LogP contribution in [0.15, 0.2) is 36.4 Å². The Labute approximate surface area is 170 Å². The van der Waals surface area contributed by atoms with Crippen LogP contribution < -0.4 is 4.90 Å². The lowest BCUT2D eigenvalue weighted by molar-refractivity contribution is -0.146. The molecule has 0 N–H and O–H groups in total. The number of aromatic nitrogens is 6. The van der Waals surface area contributed by atoms with Crippen LogP contribution in [0.1, 0.15) is 38.5 Å². The van der Waals surface area contributed by atoms with Crippen LogP contribution in [0, 0.1) is 0 Å². The van der Waals surface area contributed by atoms with E-state index < -0.39 is 12.0 Å². The molecular weight excluding hydrogens is 395 g/mol. The predicted octanol–water partition coefficient (Wildman–Crippen LogP) is 3.85. The van der Waals surface area contributed by atoms with Gasteiger partial charge in [0, 0.05) is 18.5 Å². The summed E-state index contributed by atoms with van der Waals surface area (Å²) >= 11 is 0. The number of rotatable bonds is 2. The maximum absolute atomic E-state index is 13.1. The van der Waals surface area contributed by atoms with Crippen LogP contribution in [0.3, 0.4) is 0 Å². The molecule has 3 aromatic heterocycles. The molecule has 7 nitrogen and oxygen atoms in total. The van der Waals surface area contributed by atoms with Gasteiger partial charge in [0.05, 0.1) is 17.1 Å². The highest BCUT2D eigenvalue weighted by Gasteiger charge is 2.39. The number of benzene rings is 1. The van der Waals surface area contributed by atoms with Crippen molar-refractivity contribution >= 4 is 22.5 Å². The Hall–Kier alpha value is -3.17. The largest absolute Gasteiger partial charge is 0.453 e. The summed E-state index contributed by atoms with van der Waals surface area (Å²) in [7, 11) is 0. The molecule has 156 valence electrons. The fourth-order valence-corrected chi connectivity index (χ4v) is 3.87. The third kappa shape index (κ3) is 2.89. The van der Waals surface area contributed by atoms with Gasteiger partial charge >= 0.3 is 6.18 Å². The number of hydrogen-bond donors (Lipinski definition) is 0. The zero-order valence-electron chi connectivity index (χ0n) is 16.7. The highest BCUT2D eigenvalue weighted by atomic mass is 19.4. The average Bonchev–Trinajstić information content (AvgIpc) is 3.22. The minimum Gasteiger partial charge on any atom is -0.351 e. The Morgan fingerprint density at radius 1 is 0.933 bits per heavy atom. The number of imidazole rings is 1. The summed E-state index contributed by atoms with van der Waals surface area (Å²) in [6.07, 6.45) is -4.61. The van der Waals surface area contributed by atoms with Crippen molar-refractivity contribution in [2.24, 2.45) is 0 Å². The van der Waals surface area contributed by atoms with Gasteiger partial charge in [-0.05, 0) is 24.3 Å². The number of para-hydroxylation sites is 2. The molecule has 0 saturated carbocycles. The smallest absolute Gasteiger partial charge is 0.351 e. The highest BCUT2D eigenvalue weighted by molar-refractivity contribution is 5.76. The molecule has 0 bridgehead atoms. The van der Waals surface area contributed by atoms with Crippen molar-refractivity contribution in [1.29, 1.82) is 0 Å². The molecule has 0 unspecified atom stereocenters. The summed E-state index contributed by atoms with van der Waals surface area (Å²) in [5, 5.41) is 10.9. The highest BCUT2D eigenvalue weighted by Crippen LogP contribution is 2.35. The number of nitrogens with zero attached hydrogens (tertiary/aromatic N) is 7. The Kier molecular flexibility index (Phi) is 3.87. The fourth-order valence-electron chi connectivity index (χ4n) is 3.87. The first kappa shape index (κ1) is 18.8. The molecule has 1 saturated heterocycles. The van der Waals surface area contributed by atoms with Gasteiger partial charge in [0.15, 0.2) is 5.65 Å². The summed E-state index contributed by atoms with van der Waals surface area (Å²) in [4.78, 5) is 6.79. The molecule has 1 aliphatic rings. The number of fused-ring (bicyclic) bond motifs is 2. The molecule has 0 atom stereocenters. The topological polar surface area (TPSA) is 64.1 Å². The van der Waals surface area contributed by atoms with E-state index in [4.69, 9.17) is 4.98 Å². The summed E-state index contributed by atoms with van der Waals surface area (Å²) in [6, 6.07) is 11.4. The number of halogens is 3. The van der Waals surface area contributed by atoms with Crippen molar-refractivity contribution in [3.05, 3.63) is 48.0 Å². The van der Waals surface area contributed by atoms with Crippen LogP contribution in [0.4, 0.5) is 19.0 Å². The normalized spacial score (nSPS) is 15.9. The van der Waals surface area contributed by atoms with Crippen molar-refractivity contribution < 1.29 is 13.2 Å². The number of anilines is 1. The Morgan fingerprint density at radius 3 is 2.37 bits per heavy atom. The van der Waals surface area contributed by atoms with E-state index in [0.29, 0.717) is 18.9 Å². The van der Waals surface area contributed by atoms with Gasteiger partial charge in [0.1, 0.15) is 11.6 Å². The van der Waals surface area contributed by atoms with Crippen molar-refractivity contribution in [1.82, 2.24) is 29.4 Å². The zero-order valence-corrected chi connectivity index (χ0v) is 16.7. The third-order valence-corrected chi connectivity index (χ3v) is 5.32. The first-order valence-corrected chi connectivity index (χ1v) is 9.65. The lowest BCUT2D eigenvalue weighted by Gasteiger charge is -2.42. The van der Waals surface area contributed by atoms with Crippen LogP contribution in [0.2, 0.25) is 0 Å². The fraction of sp³-hybridized carbons (Fsp3) is 0.400. The monoisotopic (exact) mass is 415 g/mol. The van der Waals surface area contributed by atoms with Gasteiger partial charge in [0.25, 0.3) is 5.82 Å². The summed E-state index contributed by atoms with van der Waals surface area (Å²) in [6.45, 7) is 7.64. The minimum absolute atomic E-state index is 0.0683. The second kappa shape index (κ2) is 6.16. The molecule has 0 spiro atoms. The molecule has 5 rings (SSSR count). The molecular formula is C20H20F3N7. The van der Waals surface area contributed by atoms with Crippen LogP contribution >= 0.6 is 0 Å². The van der Waals surface area contributed by atoms with Crippen molar-refractivity contribution in [3.63, 3.8) is 0 Å². The first-order chi connectivity index (χ1) is 14.1. The van der Waals surface area contributed by atoms with Crippen molar-refractivity contribution in [2.75, 3.05) is 18.0 Å². The molecule has 0 aliphatic carbocycles. The van der Waals surface area contributed by atoms with E-state index >= 15 is 0 Å². The van der Waals surface area contributed by atoms with E-state index in [1.807, 2.05) is 23.1 Å². The molecule has 1 aromatic carbocycles. The van der Waals surface area contributed by atoms with Gasteiger partial charge in [-0.1, -0.05) is 32.9 Å².